The maximum absolute atomic E-state index is 12.4. The van der Waals surface area contributed by atoms with E-state index in [9.17, 15) is 4.79 Å². The van der Waals surface area contributed by atoms with Crippen molar-refractivity contribution < 1.29 is 4.79 Å². The second-order valence-electron chi connectivity index (χ2n) is 6.53. The van der Waals surface area contributed by atoms with Gasteiger partial charge in [-0.25, -0.2) is 4.98 Å². The first-order chi connectivity index (χ1) is 11.7. The van der Waals surface area contributed by atoms with Gasteiger partial charge in [-0.05, 0) is 42.2 Å². The van der Waals surface area contributed by atoms with Crippen molar-refractivity contribution in [1.29, 1.82) is 0 Å². The van der Waals surface area contributed by atoms with Crippen LogP contribution in [-0.4, -0.2) is 20.4 Å². The molecule has 2 aromatic heterocycles. The zero-order valence-electron chi connectivity index (χ0n) is 13.7. The van der Waals surface area contributed by atoms with E-state index in [1.807, 2.05) is 30.3 Å². The Morgan fingerprint density at radius 3 is 3.12 bits per heavy atom. The van der Waals surface area contributed by atoms with E-state index < -0.39 is 0 Å². The van der Waals surface area contributed by atoms with E-state index in [1.165, 1.54) is 6.42 Å². The highest BCUT2D eigenvalue weighted by molar-refractivity contribution is 5.97. The standard InChI is InChI=1S/C19H20N4O/c1-13-6-8-23-17-5-4-15(10-16(17)22-18(23)9-13)19(24)21-12-14-3-2-7-20-11-14/h2-5,7,10-11,13H,6,8-9,12H2,1H3,(H,21,24)/t13-/m0/s1. The van der Waals surface area contributed by atoms with E-state index in [0.717, 1.165) is 35.4 Å². The molecular weight excluding hydrogens is 300 g/mol. The summed E-state index contributed by atoms with van der Waals surface area (Å²) in [5.41, 5.74) is 3.67. The number of imidazole rings is 1. The number of hydrogen-bond donors (Lipinski definition) is 1. The van der Waals surface area contributed by atoms with Crippen molar-refractivity contribution in [2.45, 2.75) is 32.9 Å². The van der Waals surface area contributed by atoms with Gasteiger partial charge in [-0.15, -0.1) is 0 Å². The Labute approximate surface area is 140 Å². The molecule has 0 aliphatic carbocycles. The van der Waals surface area contributed by atoms with Gasteiger partial charge >= 0.3 is 0 Å². The smallest absolute Gasteiger partial charge is 0.251 e. The van der Waals surface area contributed by atoms with E-state index in [-0.39, 0.29) is 5.91 Å². The summed E-state index contributed by atoms with van der Waals surface area (Å²) in [5.74, 6) is 1.73. The molecule has 0 bridgehead atoms. The SMILES string of the molecule is C[C@H]1CCn2c(nc3cc(C(=O)NCc4cccnc4)ccc32)C1. The zero-order valence-corrected chi connectivity index (χ0v) is 13.7. The fourth-order valence-corrected chi connectivity index (χ4v) is 3.28. The molecule has 1 aromatic carbocycles. The molecule has 3 aromatic rings. The number of carbonyl (C=O) groups is 1. The molecule has 122 valence electrons. The highest BCUT2D eigenvalue weighted by Gasteiger charge is 2.19. The number of rotatable bonds is 3. The van der Waals surface area contributed by atoms with Gasteiger partial charge in [0.2, 0.25) is 0 Å². The van der Waals surface area contributed by atoms with Crippen molar-refractivity contribution in [3.8, 4) is 0 Å². The molecule has 1 atom stereocenters. The predicted octanol–water partition coefficient (Wildman–Crippen LogP) is 2.94. The first-order valence-corrected chi connectivity index (χ1v) is 8.37. The van der Waals surface area contributed by atoms with Gasteiger partial charge in [-0.3, -0.25) is 9.78 Å². The number of pyridine rings is 1. The third kappa shape index (κ3) is 2.77. The summed E-state index contributed by atoms with van der Waals surface area (Å²) in [6, 6.07) is 9.60. The van der Waals surface area contributed by atoms with Gasteiger partial charge in [-0.1, -0.05) is 13.0 Å². The van der Waals surface area contributed by atoms with Crippen LogP contribution in [0.1, 0.15) is 35.1 Å². The molecular formula is C19H20N4O. The molecule has 24 heavy (non-hydrogen) atoms. The first kappa shape index (κ1) is 14.9. The molecule has 5 heteroatoms. The van der Waals surface area contributed by atoms with Crippen LogP contribution < -0.4 is 5.32 Å². The lowest BCUT2D eigenvalue weighted by Gasteiger charge is -2.19. The van der Waals surface area contributed by atoms with Crippen molar-refractivity contribution in [2.75, 3.05) is 0 Å². The monoisotopic (exact) mass is 320 g/mol. The number of aromatic nitrogens is 3. The van der Waals surface area contributed by atoms with E-state index in [2.05, 4.69) is 21.8 Å². The molecule has 1 aliphatic rings. The second kappa shape index (κ2) is 6.07. The number of nitrogens with one attached hydrogen (secondary N) is 1. The minimum atomic E-state index is -0.0832. The maximum Gasteiger partial charge on any atom is 0.251 e. The van der Waals surface area contributed by atoms with Crippen LogP contribution in [0.25, 0.3) is 11.0 Å². The molecule has 0 saturated heterocycles. The summed E-state index contributed by atoms with van der Waals surface area (Å²) in [7, 11) is 0. The molecule has 5 nitrogen and oxygen atoms in total. The van der Waals surface area contributed by atoms with Gasteiger partial charge in [0.05, 0.1) is 11.0 Å². The van der Waals surface area contributed by atoms with Crippen molar-refractivity contribution >= 4 is 16.9 Å². The van der Waals surface area contributed by atoms with Crippen LogP contribution in [0, 0.1) is 5.92 Å². The Morgan fingerprint density at radius 1 is 1.38 bits per heavy atom. The van der Waals surface area contributed by atoms with Crippen LogP contribution in [0.3, 0.4) is 0 Å². The molecule has 1 aliphatic heterocycles. The summed E-state index contributed by atoms with van der Waals surface area (Å²) in [6.45, 7) is 3.75. The number of aryl methyl sites for hydroxylation is 1. The fraction of sp³-hybridized carbons (Fsp3) is 0.316. The second-order valence-corrected chi connectivity index (χ2v) is 6.53. The highest BCUT2D eigenvalue weighted by Crippen LogP contribution is 2.25. The number of carbonyl (C=O) groups excluding carboxylic acids is 1. The Bertz CT molecular complexity index is 885. The van der Waals surface area contributed by atoms with Gasteiger partial charge < -0.3 is 9.88 Å². The molecule has 0 unspecified atom stereocenters. The van der Waals surface area contributed by atoms with Crippen LogP contribution in [0.4, 0.5) is 0 Å². The summed E-state index contributed by atoms with van der Waals surface area (Å²) in [4.78, 5) is 21.2. The average Bonchev–Trinajstić information content (AvgIpc) is 2.97. The molecule has 1 N–H and O–H groups in total. The number of benzene rings is 1. The molecule has 3 heterocycles. The van der Waals surface area contributed by atoms with Gasteiger partial charge in [0, 0.05) is 37.5 Å². The van der Waals surface area contributed by atoms with E-state index in [0.29, 0.717) is 18.0 Å². The highest BCUT2D eigenvalue weighted by atomic mass is 16.1. The van der Waals surface area contributed by atoms with E-state index >= 15 is 0 Å². The molecule has 1 amide bonds. The summed E-state index contributed by atoms with van der Waals surface area (Å²) >= 11 is 0. The third-order valence-corrected chi connectivity index (χ3v) is 4.64. The quantitative estimate of drug-likeness (QED) is 0.807. The number of fused-ring (bicyclic) bond motifs is 3. The summed E-state index contributed by atoms with van der Waals surface area (Å²) < 4.78 is 2.28. The van der Waals surface area contributed by atoms with Crippen molar-refractivity contribution in [3.05, 3.63) is 59.7 Å². The normalized spacial score (nSPS) is 16.8. The van der Waals surface area contributed by atoms with E-state index in [4.69, 9.17) is 4.98 Å². The van der Waals surface area contributed by atoms with Crippen LogP contribution in [0.2, 0.25) is 0 Å². The molecule has 0 radical (unpaired) electrons. The van der Waals surface area contributed by atoms with Gasteiger partial charge in [0.25, 0.3) is 5.91 Å². The largest absolute Gasteiger partial charge is 0.348 e. The van der Waals surface area contributed by atoms with Crippen LogP contribution in [0.15, 0.2) is 42.7 Å². The summed E-state index contributed by atoms with van der Waals surface area (Å²) in [5, 5.41) is 2.94. The molecule has 0 saturated carbocycles. The average molecular weight is 320 g/mol. The number of amides is 1. The van der Waals surface area contributed by atoms with Crippen LogP contribution >= 0.6 is 0 Å². The van der Waals surface area contributed by atoms with Crippen LogP contribution in [-0.2, 0) is 19.5 Å². The van der Waals surface area contributed by atoms with Crippen LogP contribution in [0.5, 0.6) is 0 Å². The topological polar surface area (TPSA) is 59.8 Å². The van der Waals surface area contributed by atoms with Crippen molar-refractivity contribution in [2.24, 2.45) is 5.92 Å². The Balaban J connectivity index is 1.55. The predicted molar refractivity (Wildman–Crippen MR) is 92.6 cm³/mol. The van der Waals surface area contributed by atoms with Gasteiger partial charge in [0.1, 0.15) is 5.82 Å². The van der Waals surface area contributed by atoms with E-state index in [1.54, 1.807) is 12.4 Å². The summed E-state index contributed by atoms with van der Waals surface area (Å²) in [6.07, 6.45) is 5.68. The van der Waals surface area contributed by atoms with Gasteiger partial charge in [-0.2, -0.15) is 0 Å². The minimum absolute atomic E-state index is 0.0832. The Hall–Kier alpha value is -2.69. The van der Waals surface area contributed by atoms with Crippen molar-refractivity contribution in [1.82, 2.24) is 19.9 Å². The fourth-order valence-electron chi connectivity index (χ4n) is 3.28. The number of nitrogens with zero attached hydrogens (tertiary/aromatic N) is 3. The molecule has 0 fully saturated rings. The maximum atomic E-state index is 12.4. The lowest BCUT2D eigenvalue weighted by Crippen LogP contribution is -2.22. The zero-order chi connectivity index (χ0) is 16.5. The number of hydrogen-bond acceptors (Lipinski definition) is 3. The Kier molecular flexibility index (Phi) is 3.76. The molecule has 0 spiro atoms. The van der Waals surface area contributed by atoms with Gasteiger partial charge in [0.15, 0.2) is 0 Å². The third-order valence-electron chi connectivity index (χ3n) is 4.64. The molecule has 4 rings (SSSR count). The Morgan fingerprint density at radius 2 is 2.29 bits per heavy atom. The first-order valence-electron chi connectivity index (χ1n) is 8.37. The van der Waals surface area contributed by atoms with Crippen molar-refractivity contribution in [3.63, 3.8) is 0 Å². The minimum Gasteiger partial charge on any atom is -0.348 e. The lowest BCUT2D eigenvalue weighted by atomic mass is 10.0. The lowest BCUT2D eigenvalue weighted by molar-refractivity contribution is 0.0951.